The highest BCUT2D eigenvalue weighted by Gasteiger charge is 2.07. The largest absolute Gasteiger partial charge is 0.390 e. The maximum absolute atomic E-state index is 11.5. The van der Waals surface area contributed by atoms with E-state index in [0.29, 0.717) is 17.3 Å². The predicted octanol–water partition coefficient (Wildman–Crippen LogP) is 1.15. The quantitative estimate of drug-likeness (QED) is 0.860. The van der Waals surface area contributed by atoms with Crippen molar-refractivity contribution in [1.29, 1.82) is 0 Å². The van der Waals surface area contributed by atoms with E-state index in [1.807, 2.05) is 18.2 Å². The van der Waals surface area contributed by atoms with Crippen LogP contribution in [0.1, 0.15) is 0 Å². The van der Waals surface area contributed by atoms with E-state index in [4.69, 9.17) is 0 Å². The van der Waals surface area contributed by atoms with Gasteiger partial charge in [-0.15, -0.1) is 0 Å². The van der Waals surface area contributed by atoms with Crippen LogP contribution in [0.3, 0.4) is 0 Å². The molecule has 1 atom stereocenters. The number of rotatable bonds is 3. The highest BCUT2D eigenvalue weighted by Crippen LogP contribution is 2.08. The summed E-state index contributed by atoms with van der Waals surface area (Å²) in [6, 6.07) is 7.25. The topological polar surface area (TPSA) is 55.1 Å². The molecule has 0 saturated carbocycles. The van der Waals surface area contributed by atoms with E-state index in [1.165, 1.54) is 6.20 Å². The van der Waals surface area contributed by atoms with Gasteiger partial charge in [-0.1, -0.05) is 28.1 Å². The van der Waals surface area contributed by atoms with Gasteiger partial charge in [0.1, 0.15) is 0 Å². The first kappa shape index (κ1) is 11.3. The van der Waals surface area contributed by atoms with Gasteiger partial charge in [-0.3, -0.25) is 9.48 Å². The number of aromatic nitrogens is 2. The Bertz CT molecular complexity index is 553. The number of benzene rings is 1. The molecule has 5 heteroatoms. The monoisotopic (exact) mass is 282 g/mol. The van der Waals surface area contributed by atoms with Crippen LogP contribution in [0.25, 0.3) is 10.9 Å². The van der Waals surface area contributed by atoms with Gasteiger partial charge >= 0.3 is 0 Å². The van der Waals surface area contributed by atoms with Crippen molar-refractivity contribution >= 4 is 26.8 Å². The molecule has 0 saturated heterocycles. The van der Waals surface area contributed by atoms with Crippen molar-refractivity contribution in [2.24, 2.45) is 0 Å². The molecule has 1 unspecified atom stereocenters. The van der Waals surface area contributed by atoms with Gasteiger partial charge in [-0.05, 0) is 12.1 Å². The van der Waals surface area contributed by atoms with Crippen molar-refractivity contribution in [3.05, 3.63) is 40.7 Å². The fourth-order valence-corrected chi connectivity index (χ4v) is 1.76. The van der Waals surface area contributed by atoms with Crippen LogP contribution in [-0.2, 0) is 6.54 Å². The molecule has 1 heterocycles. The van der Waals surface area contributed by atoms with Gasteiger partial charge in [0.15, 0.2) is 0 Å². The number of alkyl halides is 1. The van der Waals surface area contributed by atoms with Crippen LogP contribution in [0.5, 0.6) is 0 Å². The summed E-state index contributed by atoms with van der Waals surface area (Å²) in [5.74, 6) is 0. The summed E-state index contributed by atoms with van der Waals surface area (Å²) in [5, 5.41) is 14.7. The molecule has 2 aromatic rings. The van der Waals surface area contributed by atoms with Crippen LogP contribution in [0.4, 0.5) is 0 Å². The molecule has 1 aromatic heterocycles. The highest BCUT2D eigenvalue weighted by atomic mass is 79.9. The molecule has 0 radical (unpaired) electrons. The summed E-state index contributed by atoms with van der Waals surface area (Å²) in [6.07, 6.45) is 0.766. The van der Waals surface area contributed by atoms with E-state index in [1.54, 1.807) is 10.7 Å². The number of hydrogen-bond donors (Lipinski definition) is 1. The average molecular weight is 283 g/mol. The lowest BCUT2D eigenvalue weighted by atomic mass is 10.2. The summed E-state index contributed by atoms with van der Waals surface area (Å²) >= 11 is 3.20. The lowest BCUT2D eigenvalue weighted by Crippen LogP contribution is -2.21. The van der Waals surface area contributed by atoms with Crippen molar-refractivity contribution in [2.75, 3.05) is 5.33 Å². The summed E-state index contributed by atoms with van der Waals surface area (Å²) in [6.45, 7) is 0.367. The molecule has 0 aliphatic carbocycles. The van der Waals surface area contributed by atoms with Crippen LogP contribution in [0.2, 0.25) is 0 Å². The van der Waals surface area contributed by atoms with Crippen molar-refractivity contribution < 1.29 is 5.11 Å². The SMILES string of the molecule is O=c1cnn(CC(O)CBr)c2ccccc12. The Hall–Kier alpha value is -1.20. The van der Waals surface area contributed by atoms with Crippen molar-refractivity contribution in [3.8, 4) is 0 Å². The first-order chi connectivity index (χ1) is 7.72. The Labute approximate surface area is 101 Å². The number of aliphatic hydroxyl groups is 1. The molecule has 4 nitrogen and oxygen atoms in total. The average Bonchev–Trinajstić information content (AvgIpc) is 2.33. The second-order valence-corrected chi connectivity index (χ2v) is 4.16. The molecule has 0 spiro atoms. The number of nitrogens with zero attached hydrogens (tertiary/aromatic N) is 2. The van der Waals surface area contributed by atoms with Gasteiger partial charge < -0.3 is 5.11 Å². The molecule has 1 N–H and O–H groups in total. The molecule has 2 rings (SSSR count). The zero-order chi connectivity index (χ0) is 11.5. The number of para-hydroxylation sites is 1. The minimum atomic E-state index is -0.515. The van der Waals surface area contributed by atoms with Gasteiger partial charge in [0.05, 0.1) is 24.4 Å². The fraction of sp³-hybridized carbons (Fsp3) is 0.273. The van der Waals surface area contributed by atoms with Crippen LogP contribution in [-0.4, -0.2) is 26.3 Å². The number of aliphatic hydroxyl groups excluding tert-OH is 1. The summed E-state index contributed by atoms with van der Waals surface area (Å²) in [5.41, 5.74) is 0.648. The summed E-state index contributed by atoms with van der Waals surface area (Å²) in [4.78, 5) is 11.5. The van der Waals surface area contributed by atoms with E-state index in [2.05, 4.69) is 21.0 Å². The fourth-order valence-electron chi connectivity index (χ4n) is 1.55. The van der Waals surface area contributed by atoms with Crippen molar-refractivity contribution in [3.63, 3.8) is 0 Å². The Balaban J connectivity index is 2.54. The standard InChI is InChI=1S/C11H11BrN2O2/c12-5-8(15)7-14-10-4-2-1-3-9(10)11(16)6-13-14/h1-4,6,8,15H,5,7H2. The molecule has 0 aliphatic heterocycles. The Morgan fingerprint density at radius 3 is 2.94 bits per heavy atom. The molecule has 84 valence electrons. The van der Waals surface area contributed by atoms with Gasteiger partial charge in [0.2, 0.25) is 5.43 Å². The number of fused-ring (bicyclic) bond motifs is 1. The summed E-state index contributed by atoms with van der Waals surface area (Å²) < 4.78 is 1.64. The smallest absolute Gasteiger partial charge is 0.207 e. The molecule has 16 heavy (non-hydrogen) atoms. The zero-order valence-electron chi connectivity index (χ0n) is 8.51. The molecule has 0 amide bonds. The van der Waals surface area contributed by atoms with Crippen molar-refractivity contribution in [1.82, 2.24) is 9.78 Å². The molecule has 0 fully saturated rings. The lowest BCUT2D eigenvalue weighted by molar-refractivity contribution is 0.175. The van der Waals surface area contributed by atoms with Crippen LogP contribution in [0.15, 0.2) is 35.3 Å². The molecule has 0 aliphatic rings. The minimum absolute atomic E-state index is 0.0971. The summed E-state index contributed by atoms with van der Waals surface area (Å²) in [7, 11) is 0. The van der Waals surface area contributed by atoms with Gasteiger partial charge in [-0.2, -0.15) is 5.10 Å². The van der Waals surface area contributed by atoms with E-state index in [-0.39, 0.29) is 5.43 Å². The molecular weight excluding hydrogens is 272 g/mol. The Morgan fingerprint density at radius 1 is 1.44 bits per heavy atom. The van der Waals surface area contributed by atoms with Crippen LogP contribution in [0, 0.1) is 0 Å². The van der Waals surface area contributed by atoms with E-state index < -0.39 is 6.10 Å². The van der Waals surface area contributed by atoms with Crippen LogP contribution < -0.4 is 5.43 Å². The maximum Gasteiger partial charge on any atom is 0.207 e. The molecular formula is C11H11BrN2O2. The molecule has 1 aromatic carbocycles. The van der Waals surface area contributed by atoms with Gasteiger partial charge in [-0.25, -0.2) is 0 Å². The Kier molecular flexibility index (Phi) is 3.36. The first-order valence-corrected chi connectivity index (χ1v) is 6.03. The van der Waals surface area contributed by atoms with Crippen LogP contribution >= 0.6 is 15.9 Å². The van der Waals surface area contributed by atoms with E-state index in [0.717, 1.165) is 5.52 Å². The third-order valence-electron chi connectivity index (χ3n) is 2.32. The van der Waals surface area contributed by atoms with Crippen molar-refractivity contribution in [2.45, 2.75) is 12.6 Å². The third-order valence-corrected chi connectivity index (χ3v) is 3.07. The number of halogens is 1. The second kappa shape index (κ2) is 4.76. The normalized spacial score (nSPS) is 12.9. The van der Waals surface area contributed by atoms with Gasteiger partial charge in [0, 0.05) is 10.7 Å². The highest BCUT2D eigenvalue weighted by molar-refractivity contribution is 9.09. The van der Waals surface area contributed by atoms with E-state index in [9.17, 15) is 9.90 Å². The Morgan fingerprint density at radius 2 is 2.19 bits per heavy atom. The first-order valence-electron chi connectivity index (χ1n) is 4.91. The second-order valence-electron chi connectivity index (χ2n) is 3.52. The lowest BCUT2D eigenvalue weighted by Gasteiger charge is -2.11. The minimum Gasteiger partial charge on any atom is -0.390 e. The van der Waals surface area contributed by atoms with Gasteiger partial charge in [0.25, 0.3) is 0 Å². The van der Waals surface area contributed by atoms with E-state index >= 15 is 0 Å². The predicted molar refractivity (Wildman–Crippen MR) is 65.8 cm³/mol. The third kappa shape index (κ3) is 2.15. The number of hydrogen-bond acceptors (Lipinski definition) is 3. The molecule has 0 bridgehead atoms. The maximum atomic E-state index is 11.5. The zero-order valence-corrected chi connectivity index (χ0v) is 10.1.